The maximum absolute atomic E-state index is 12.1. The Balaban J connectivity index is 1.90. The van der Waals surface area contributed by atoms with Crippen molar-refractivity contribution < 1.29 is 9.59 Å². The number of amides is 2. The van der Waals surface area contributed by atoms with Gasteiger partial charge in [-0.2, -0.15) is 0 Å². The van der Waals surface area contributed by atoms with Crippen LogP contribution in [0, 0.1) is 0 Å². The standard InChI is InChI=1S/C13H21N5O2/c1-3-6-10-15-11(17-16-10)12(19)14-9(2)13(20)18-7-4-5-8-18/h9H,3-8H2,1-2H3,(H,14,19)(H,15,16,17). The number of nitrogens with one attached hydrogen (secondary N) is 2. The van der Waals surface area contributed by atoms with Crippen LogP contribution in [0.5, 0.6) is 0 Å². The first-order valence-corrected chi connectivity index (χ1v) is 7.12. The van der Waals surface area contributed by atoms with Crippen LogP contribution in [0.2, 0.25) is 0 Å². The molecule has 1 atom stereocenters. The molecule has 2 rings (SSSR count). The molecular weight excluding hydrogens is 258 g/mol. The van der Waals surface area contributed by atoms with E-state index in [-0.39, 0.29) is 11.7 Å². The fourth-order valence-corrected chi connectivity index (χ4v) is 2.28. The molecule has 1 aliphatic rings. The summed E-state index contributed by atoms with van der Waals surface area (Å²) in [5, 5.41) is 9.25. The minimum atomic E-state index is -0.547. The van der Waals surface area contributed by atoms with E-state index in [0.717, 1.165) is 38.8 Å². The summed E-state index contributed by atoms with van der Waals surface area (Å²) in [5.74, 6) is 0.328. The summed E-state index contributed by atoms with van der Waals surface area (Å²) in [6.45, 7) is 5.28. The molecule has 0 bridgehead atoms. The molecule has 1 aliphatic heterocycles. The number of nitrogens with zero attached hydrogens (tertiary/aromatic N) is 3. The third kappa shape index (κ3) is 3.34. The van der Waals surface area contributed by atoms with E-state index in [2.05, 4.69) is 20.5 Å². The molecule has 1 aromatic rings. The maximum atomic E-state index is 12.1. The number of hydrogen-bond acceptors (Lipinski definition) is 4. The molecule has 2 amide bonds. The molecule has 1 unspecified atom stereocenters. The van der Waals surface area contributed by atoms with Gasteiger partial charge in [0.1, 0.15) is 11.9 Å². The number of rotatable bonds is 5. The van der Waals surface area contributed by atoms with E-state index in [1.165, 1.54) is 0 Å². The second-order valence-electron chi connectivity index (χ2n) is 5.08. The molecule has 110 valence electrons. The Bertz CT molecular complexity index is 479. The summed E-state index contributed by atoms with van der Waals surface area (Å²) in [4.78, 5) is 29.9. The summed E-state index contributed by atoms with van der Waals surface area (Å²) < 4.78 is 0. The van der Waals surface area contributed by atoms with E-state index in [1.54, 1.807) is 11.8 Å². The summed E-state index contributed by atoms with van der Waals surface area (Å²) in [7, 11) is 0. The highest BCUT2D eigenvalue weighted by atomic mass is 16.2. The second-order valence-corrected chi connectivity index (χ2v) is 5.08. The van der Waals surface area contributed by atoms with Crippen LogP contribution in [0.4, 0.5) is 0 Å². The van der Waals surface area contributed by atoms with Gasteiger partial charge in [0.2, 0.25) is 11.7 Å². The zero-order valence-corrected chi connectivity index (χ0v) is 12.0. The van der Waals surface area contributed by atoms with Crippen molar-refractivity contribution in [2.45, 2.75) is 45.6 Å². The lowest BCUT2D eigenvalue weighted by atomic mass is 10.3. The van der Waals surface area contributed by atoms with Gasteiger partial charge in [0, 0.05) is 19.5 Å². The van der Waals surface area contributed by atoms with Gasteiger partial charge >= 0.3 is 0 Å². The zero-order chi connectivity index (χ0) is 14.5. The summed E-state index contributed by atoms with van der Waals surface area (Å²) >= 11 is 0. The summed E-state index contributed by atoms with van der Waals surface area (Å²) in [6.07, 6.45) is 3.75. The van der Waals surface area contributed by atoms with Gasteiger partial charge in [-0.3, -0.25) is 14.7 Å². The van der Waals surface area contributed by atoms with Gasteiger partial charge in [-0.15, -0.1) is 5.10 Å². The Morgan fingerprint density at radius 3 is 2.75 bits per heavy atom. The topological polar surface area (TPSA) is 91.0 Å². The highest BCUT2D eigenvalue weighted by molar-refractivity contribution is 5.94. The number of hydrogen-bond donors (Lipinski definition) is 2. The molecule has 0 saturated carbocycles. The third-order valence-corrected chi connectivity index (χ3v) is 3.36. The van der Waals surface area contributed by atoms with E-state index in [4.69, 9.17) is 0 Å². The number of aryl methyl sites for hydroxylation is 1. The van der Waals surface area contributed by atoms with Gasteiger partial charge in [0.05, 0.1) is 0 Å². The number of aromatic amines is 1. The number of carbonyl (C=O) groups excluding carboxylic acids is 2. The normalized spacial score (nSPS) is 16.2. The van der Waals surface area contributed by atoms with E-state index < -0.39 is 11.9 Å². The lowest BCUT2D eigenvalue weighted by Crippen LogP contribution is -2.46. The van der Waals surface area contributed by atoms with E-state index in [9.17, 15) is 9.59 Å². The van der Waals surface area contributed by atoms with Gasteiger partial charge in [-0.25, -0.2) is 4.98 Å². The van der Waals surface area contributed by atoms with Crippen LogP contribution in [-0.2, 0) is 11.2 Å². The van der Waals surface area contributed by atoms with Crippen molar-refractivity contribution in [1.29, 1.82) is 0 Å². The lowest BCUT2D eigenvalue weighted by Gasteiger charge is -2.20. The molecule has 20 heavy (non-hydrogen) atoms. The Hall–Kier alpha value is -1.92. The lowest BCUT2D eigenvalue weighted by molar-refractivity contribution is -0.131. The Labute approximate surface area is 118 Å². The van der Waals surface area contributed by atoms with Crippen LogP contribution in [0.1, 0.15) is 49.6 Å². The number of likely N-dealkylation sites (tertiary alicyclic amines) is 1. The quantitative estimate of drug-likeness (QED) is 0.821. The van der Waals surface area contributed by atoms with Crippen molar-refractivity contribution in [2.24, 2.45) is 0 Å². The van der Waals surface area contributed by atoms with Crippen LogP contribution in [-0.4, -0.2) is 51.0 Å². The molecule has 1 fully saturated rings. The van der Waals surface area contributed by atoms with Gasteiger partial charge < -0.3 is 10.2 Å². The molecule has 1 saturated heterocycles. The van der Waals surface area contributed by atoms with Crippen LogP contribution in [0.25, 0.3) is 0 Å². The average Bonchev–Trinajstić information content (AvgIpc) is 3.09. The molecule has 0 aromatic carbocycles. The second kappa shape index (κ2) is 6.49. The van der Waals surface area contributed by atoms with E-state index >= 15 is 0 Å². The molecule has 0 spiro atoms. The van der Waals surface area contributed by atoms with Gasteiger partial charge in [-0.1, -0.05) is 6.92 Å². The van der Waals surface area contributed by atoms with Crippen molar-refractivity contribution in [3.05, 3.63) is 11.6 Å². The molecule has 7 heteroatoms. The predicted molar refractivity (Wildman–Crippen MR) is 73.1 cm³/mol. The van der Waals surface area contributed by atoms with E-state index in [1.807, 2.05) is 6.92 Å². The Morgan fingerprint density at radius 1 is 1.40 bits per heavy atom. The Kier molecular flexibility index (Phi) is 4.70. The Morgan fingerprint density at radius 2 is 2.10 bits per heavy atom. The molecular formula is C13H21N5O2. The molecule has 1 aromatic heterocycles. The van der Waals surface area contributed by atoms with Crippen LogP contribution in [0.3, 0.4) is 0 Å². The number of carbonyl (C=O) groups is 2. The molecule has 0 radical (unpaired) electrons. The minimum absolute atomic E-state index is 0.0415. The van der Waals surface area contributed by atoms with E-state index in [0.29, 0.717) is 5.82 Å². The first kappa shape index (κ1) is 14.5. The molecule has 2 N–H and O–H groups in total. The third-order valence-electron chi connectivity index (χ3n) is 3.36. The largest absolute Gasteiger partial charge is 0.341 e. The van der Waals surface area contributed by atoms with Gasteiger partial charge in [0.25, 0.3) is 5.91 Å². The first-order valence-electron chi connectivity index (χ1n) is 7.12. The van der Waals surface area contributed by atoms with Crippen molar-refractivity contribution in [1.82, 2.24) is 25.4 Å². The van der Waals surface area contributed by atoms with Crippen LogP contribution >= 0.6 is 0 Å². The molecule has 2 heterocycles. The monoisotopic (exact) mass is 279 g/mol. The molecule has 0 aliphatic carbocycles. The van der Waals surface area contributed by atoms with Crippen LogP contribution in [0.15, 0.2) is 0 Å². The highest BCUT2D eigenvalue weighted by Gasteiger charge is 2.25. The maximum Gasteiger partial charge on any atom is 0.291 e. The van der Waals surface area contributed by atoms with Gasteiger partial charge in [-0.05, 0) is 26.2 Å². The fraction of sp³-hybridized carbons (Fsp3) is 0.692. The molecule has 7 nitrogen and oxygen atoms in total. The van der Waals surface area contributed by atoms with Gasteiger partial charge in [0.15, 0.2) is 0 Å². The number of aromatic nitrogens is 3. The average molecular weight is 279 g/mol. The van der Waals surface area contributed by atoms with Crippen molar-refractivity contribution in [3.8, 4) is 0 Å². The van der Waals surface area contributed by atoms with Crippen molar-refractivity contribution in [3.63, 3.8) is 0 Å². The summed E-state index contributed by atoms with van der Waals surface area (Å²) in [5.41, 5.74) is 0. The van der Waals surface area contributed by atoms with Crippen molar-refractivity contribution >= 4 is 11.8 Å². The smallest absolute Gasteiger partial charge is 0.291 e. The summed E-state index contributed by atoms with van der Waals surface area (Å²) in [6, 6.07) is -0.547. The highest BCUT2D eigenvalue weighted by Crippen LogP contribution is 2.09. The minimum Gasteiger partial charge on any atom is -0.341 e. The zero-order valence-electron chi connectivity index (χ0n) is 12.0. The fourth-order valence-electron chi connectivity index (χ4n) is 2.28. The van der Waals surface area contributed by atoms with Crippen LogP contribution < -0.4 is 5.32 Å². The SMILES string of the molecule is CCCc1nc(C(=O)NC(C)C(=O)N2CCCC2)n[nH]1. The number of H-pyrrole nitrogens is 1. The first-order chi connectivity index (χ1) is 9.61. The van der Waals surface area contributed by atoms with Crippen molar-refractivity contribution in [2.75, 3.05) is 13.1 Å². The predicted octanol–water partition coefficient (Wildman–Crippen LogP) is 0.498.